The highest BCUT2D eigenvalue weighted by atomic mass is 35.5. The number of aryl methyl sites for hydroxylation is 2. The topological polar surface area (TPSA) is 52.3 Å². The number of ether oxygens (including phenoxy) is 1. The average molecular weight is 301 g/mol. The fourth-order valence-electron chi connectivity index (χ4n) is 2.76. The predicted molar refractivity (Wildman–Crippen MR) is 79.8 cm³/mol. The van der Waals surface area contributed by atoms with Crippen molar-refractivity contribution in [2.24, 2.45) is 0 Å². The van der Waals surface area contributed by atoms with Crippen molar-refractivity contribution in [1.82, 2.24) is 19.6 Å². The van der Waals surface area contributed by atoms with Crippen molar-refractivity contribution in [3.63, 3.8) is 0 Å². The summed E-state index contributed by atoms with van der Waals surface area (Å²) in [7, 11) is 1.63. The number of rotatable bonds is 2. The summed E-state index contributed by atoms with van der Waals surface area (Å²) in [6.45, 7) is 0. The maximum atomic E-state index is 6.27. The van der Waals surface area contributed by atoms with Gasteiger partial charge in [-0.2, -0.15) is 0 Å². The van der Waals surface area contributed by atoms with Crippen LogP contribution in [0, 0.1) is 0 Å². The van der Waals surface area contributed by atoms with E-state index in [1.807, 2.05) is 12.1 Å². The SMILES string of the molecule is COc1ccc(Cl)c(-c2nc3c4c(ncn3n2)CCC4)c1. The fraction of sp³-hybridized carbons (Fsp3) is 0.267. The maximum absolute atomic E-state index is 6.27. The molecule has 4 rings (SSSR count). The van der Waals surface area contributed by atoms with E-state index in [4.69, 9.17) is 16.3 Å². The van der Waals surface area contributed by atoms with Gasteiger partial charge in [-0.05, 0) is 37.5 Å². The highest BCUT2D eigenvalue weighted by molar-refractivity contribution is 6.33. The molecule has 0 saturated heterocycles. The number of hydrogen-bond donors (Lipinski definition) is 0. The first kappa shape index (κ1) is 12.6. The van der Waals surface area contributed by atoms with Crippen LogP contribution in [0.5, 0.6) is 5.75 Å². The van der Waals surface area contributed by atoms with Crippen LogP contribution in [0.2, 0.25) is 5.02 Å². The first-order chi connectivity index (χ1) is 10.3. The average Bonchev–Trinajstić information content (AvgIpc) is 3.13. The van der Waals surface area contributed by atoms with Crippen LogP contribution in [-0.4, -0.2) is 26.7 Å². The lowest BCUT2D eigenvalue weighted by Crippen LogP contribution is -1.96. The fourth-order valence-corrected chi connectivity index (χ4v) is 2.96. The normalized spacial score (nSPS) is 13.6. The molecule has 5 nitrogen and oxygen atoms in total. The minimum Gasteiger partial charge on any atom is -0.497 e. The van der Waals surface area contributed by atoms with Gasteiger partial charge in [0.25, 0.3) is 0 Å². The third-order valence-electron chi connectivity index (χ3n) is 3.83. The second-order valence-electron chi connectivity index (χ2n) is 5.07. The quantitative estimate of drug-likeness (QED) is 0.730. The van der Waals surface area contributed by atoms with Gasteiger partial charge in [0.15, 0.2) is 11.5 Å². The van der Waals surface area contributed by atoms with Gasteiger partial charge in [-0.1, -0.05) is 11.6 Å². The van der Waals surface area contributed by atoms with E-state index in [1.54, 1.807) is 24.0 Å². The van der Waals surface area contributed by atoms with E-state index >= 15 is 0 Å². The molecule has 6 heteroatoms. The number of hydrogen-bond acceptors (Lipinski definition) is 4. The monoisotopic (exact) mass is 300 g/mol. The van der Waals surface area contributed by atoms with Gasteiger partial charge >= 0.3 is 0 Å². The van der Waals surface area contributed by atoms with E-state index in [0.717, 1.165) is 41.9 Å². The summed E-state index contributed by atoms with van der Waals surface area (Å²) < 4.78 is 6.98. The zero-order valence-corrected chi connectivity index (χ0v) is 12.3. The van der Waals surface area contributed by atoms with Crippen molar-refractivity contribution >= 4 is 17.2 Å². The molecule has 0 N–H and O–H groups in total. The molecule has 1 aromatic carbocycles. The molecule has 2 heterocycles. The molecule has 0 amide bonds. The highest BCUT2D eigenvalue weighted by Crippen LogP contribution is 2.31. The van der Waals surface area contributed by atoms with Gasteiger partial charge in [-0.3, -0.25) is 0 Å². The van der Waals surface area contributed by atoms with Gasteiger partial charge in [-0.25, -0.2) is 14.5 Å². The summed E-state index contributed by atoms with van der Waals surface area (Å²) in [6, 6.07) is 5.47. The molecule has 1 aliphatic carbocycles. The number of fused-ring (bicyclic) bond motifs is 3. The number of benzene rings is 1. The molecule has 2 aromatic heterocycles. The Kier molecular flexibility index (Phi) is 2.82. The van der Waals surface area contributed by atoms with Gasteiger partial charge in [0.05, 0.1) is 12.1 Å². The first-order valence-electron chi connectivity index (χ1n) is 6.83. The zero-order chi connectivity index (χ0) is 14.4. The Bertz CT molecular complexity index is 843. The Morgan fingerprint density at radius 1 is 1.29 bits per heavy atom. The Morgan fingerprint density at radius 2 is 2.19 bits per heavy atom. The summed E-state index contributed by atoms with van der Waals surface area (Å²) in [5, 5.41) is 5.11. The zero-order valence-electron chi connectivity index (χ0n) is 11.5. The van der Waals surface area contributed by atoms with Gasteiger partial charge < -0.3 is 4.74 Å². The van der Waals surface area contributed by atoms with Crippen molar-refractivity contribution in [3.05, 3.63) is 40.8 Å². The minimum absolute atomic E-state index is 0.598. The Hall–Kier alpha value is -2.14. The Labute approximate surface area is 126 Å². The van der Waals surface area contributed by atoms with E-state index in [1.165, 1.54) is 5.56 Å². The van der Waals surface area contributed by atoms with Crippen LogP contribution in [0.1, 0.15) is 17.7 Å². The number of aromatic nitrogens is 4. The van der Waals surface area contributed by atoms with Crippen LogP contribution < -0.4 is 4.74 Å². The summed E-state index contributed by atoms with van der Waals surface area (Å²) in [6.07, 6.45) is 4.89. The van der Waals surface area contributed by atoms with Crippen molar-refractivity contribution in [1.29, 1.82) is 0 Å². The van der Waals surface area contributed by atoms with Gasteiger partial charge in [0, 0.05) is 16.8 Å². The summed E-state index contributed by atoms with van der Waals surface area (Å²) in [5.41, 5.74) is 3.99. The summed E-state index contributed by atoms with van der Waals surface area (Å²) in [4.78, 5) is 9.12. The molecule has 1 aliphatic rings. The lowest BCUT2D eigenvalue weighted by atomic mass is 10.2. The highest BCUT2D eigenvalue weighted by Gasteiger charge is 2.19. The van der Waals surface area contributed by atoms with Crippen LogP contribution >= 0.6 is 11.6 Å². The molecule has 0 unspecified atom stereocenters. The molecular weight excluding hydrogens is 288 g/mol. The maximum Gasteiger partial charge on any atom is 0.183 e. The molecule has 0 bridgehead atoms. The van der Waals surface area contributed by atoms with E-state index in [2.05, 4.69) is 15.1 Å². The van der Waals surface area contributed by atoms with Gasteiger partial charge in [0.1, 0.15) is 12.1 Å². The van der Waals surface area contributed by atoms with Crippen LogP contribution in [0.3, 0.4) is 0 Å². The second kappa shape index (κ2) is 4.70. The summed E-state index contributed by atoms with van der Waals surface area (Å²) in [5.74, 6) is 1.33. The standard InChI is InChI=1S/C15H13ClN4O/c1-21-9-5-6-12(16)11(7-9)14-18-15-10-3-2-4-13(10)17-8-20(15)19-14/h5-8H,2-4H2,1H3. The van der Waals surface area contributed by atoms with Crippen LogP contribution in [0.15, 0.2) is 24.5 Å². The van der Waals surface area contributed by atoms with Crippen LogP contribution in [0.25, 0.3) is 17.0 Å². The molecule has 0 atom stereocenters. The molecule has 0 saturated carbocycles. The number of halogens is 1. The first-order valence-corrected chi connectivity index (χ1v) is 7.21. The lowest BCUT2D eigenvalue weighted by Gasteiger charge is -2.03. The van der Waals surface area contributed by atoms with Crippen molar-refractivity contribution in [2.75, 3.05) is 7.11 Å². The van der Waals surface area contributed by atoms with E-state index in [9.17, 15) is 0 Å². The number of methoxy groups -OCH3 is 1. The molecule has 106 valence electrons. The smallest absolute Gasteiger partial charge is 0.183 e. The van der Waals surface area contributed by atoms with Crippen molar-refractivity contribution in [2.45, 2.75) is 19.3 Å². The molecule has 21 heavy (non-hydrogen) atoms. The van der Waals surface area contributed by atoms with Gasteiger partial charge in [0.2, 0.25) is 0 Å². The van der Waals surface area contributed by atoms with Gasteiger partial charge in [-0.15, -0.1) is 5.10 Å². The predicted octanol–water partition coefficient (Wildman–Crippen LogP) is 2.94. The molecular formula is C15H13ClN4O. The number of nitrogens with zero attached hydrogens (tertiary/aromatic N) is 4. The third-order valence-corrected chi connectivity index (χ3v) is 4.16. The lowest BCUT2D eigenvalue weighted by molar-refractivity contribution is 0.415. The molecule has 0 radical (unpaired) electrons. The molecule has 0 spiro atoms. The van der Waals surface area contributed by atoms with E-state index in [-0.39, 0.29) is 0 Å². The largest absolute Gasteiger partial charge is 0.497 e. The summed E-state index contributed by atoms with van der Waals surface area (Å²) >= 11 is 6.27. The van der Waals surface area contributed by atoms with Crippen molar-refractivity contribution < 1.29 is 4.74 Å². The Morgan fingerprint density at radius 3 is 3.05 bits per heavy atom. The van der Waals surface area contributed by atoms with E-state index < -0.39 is 0 Å². The van der Waals surface area contributed by atoms with E-state index in [0.29, 0.717) is 10.8 Å². The van der Waals surface area contributed by atoms with Crippen LogP contribution in [0.4, 0.5) is 0 Å². The minimum atomic E-state index is 0.598. The molecule has 0 aliphatic heterocycles. The van der Waals surface area contributed by atoms with Crippen molar-refractivity contribution in [3.8, 4) is 17.1 Å². The molecule has 0 fully saturated rings. The third kappa shape index (κ3) is 1.96. The van der Waals surface area contributed by atoms with Crippen LogP contribution in [-0.2, 0) is 12.8 Å². The molecule has 3 aromatic rings. The Balaban J connectivity index is 1.92. The second-order valence-corrected chi connectivity index (χ2v) is 5.48.